The lowest BCUT2D eigenvalue weighted by atomic mass is 10.2. The number of benzene rings is 1. The predicted octanol–water partition coefficient (Wildman–Crippen LogP) is 1.35. The molecule has 2 rings (SSSR count). The van der Waals surface area contributed by atoms with Crippen molar-refractivity contribution in [3.8, 4) is 11.6 Å². The Kier molecular flexibility index (Phi) is 3.16. The number of ether oxygens (including phenoxy) is 1. The highest BCUT2D eigenvalue weighted by atomic mass is 35.5. The number of hydrogen-bond acceptors (Lipinski definition) is 5. The number of aromatic hydroxyl groups is 1. The van der Waals surface area contributed by atoms with E-state index in [1.165, 1.54) is 13.4 Å². The molecular formula is C9H10ClN3O2. The fourth-order valence-electron chi connectivity index (χ4n) is 1.26. The lowest BCUT2D eigenvalue weighted by molar-refractivity contribution is 0.417. The van der Waals surface area contributed by atoms with Gasteiger partial charge >= 0.3 is 0 Å². The molecule has 0 aliphatic heterocycles. The van der Waals surface area contributed by atoms with Crippen LogP contribution in [0.4, 0.5) is 5.69 Å². The number of methoxy groups -OCH3 is 1. The maximum Gasteiger partial charge on any atom is 0.222 e. The highest BCUT2D eigenvalue weighted by Gasteiger charge is 2.06. The summed E-state index contributed by atoms with van der Waals surface area (Å²) in [5.41, 5.74) is 6.72. The first kappa shape index (κ1) is 11.3. The van der Waals surface area contributed by atoms with Gasteiger partial charge in [0.15, 0.2) is 0 Å². The zero-order valence-corrected chi connectivity index (χ0v) is 8.78. The molecule has 2 aromatic rings. The minimum atomic E-state index is -0.0793. The average Bonchev–Trinajstić information content (AvgIpc) is 2.19. The van der Waals surface area contributed by atoms with E-state index in [1.807, 2.05) is 0 Å². The summed E-state index contributed by atoms with van der Waals surface area (Å²) in [5, 5.41) is 9.93. The molecule has 1 aromatic carbocycles. The van der Waals surface area contributed by atoms with Crippen LogP contribution in [0.3, 0.4) is 0 Å². The van der Waals surface area contributed by atoms with Gasteiger partial charge in [0.05, 0.1) is 23.7 Å². The monoisotopic (exact) mass is 227 g/mol. The minimum absolute atomic E-state index is 0. The number of nitrogens with zero attached hydrogens (tertiary/aromatic N) is 2. The largest absolute Gasteiger partial charge is 0.495 e. The summed E-state index contributed by atoms with van der Waals surface area (Å²) in [5.74, 6) is 0.458. The van der Waals surface area contributed by atoms with Crippen LogP contribution in [0.25, 0.3) is 10.9 Å². The van der Waals surface area contributed by atoms with Crippen LogP contribution in [-0.4, -0.2) is 22.2 Å². The van der Waals surface area contributed by atoms with Crippen LogP contribution in [0.15, 0.2) is 18.5 Å². The van der Waals surface area contributed by atoms with Crippen molar-refractivity contribution in [3.63, 3.8) is 0 Å². The summed E-state index contributed by atoms with van der Waals surface area (Å²) in [6.45, 7) is 0. The Morgan fingerprint density at radius 2 is 2.07 bits per heavy atom. The Bertz CT molecular complexity index is 490. The molecule has 0 aliphatic carbocycles. The van der Waals surface area contributed by atoms with Crippen LogP contribution in [0.2, 0.25) is 0 Å². The molecule has 0 fully saturated rings. The van der Waals surface area contributed by atoms with Gasteiger partial charge in [0, 0.05) is 6.07 Å². The van der Waals surface area contributed by atoms with Gasteiger partial charge in [-0.1, -0.05) is 0 Å². The predicted molar refractivity (Wildman–Crippen MR) is 59.4 cm³/mol. The van der Waals surface area contributed by atoms with Crippen LogP contribution >= 0.6 is 12.4 Å². The van der Waals surface area contributed by atoms with E-state index in [9.17, 15) is 5.11 Å². The molecule has 0 aliphatic rings. The number of nitrogens with two attached hydrogens (primary N) is 1. The minimum Gasteiger partial charge on any atom is -0.495 e. The molecule has 0 spiro atoms. The van der Waals surface area contributed by atoms with Crippen molar-refractivity contribution in [2.75, 3.05) is 12.8 Å². The lowest BCUT2D eigenvalue weighted by Crippen LogP contribution is -1.93. The third-order valence-corrected chi connectivity index (χ3v) is 1.97. The zero-order valence-electron chi connectivity index (χ0n) is 7.97. The van der Waals surface area contributed by atoms with Crippen molar-refractivity contribution in [1.82, 2.24) is 9.97 Å². The molecule has 0 radical (unpaired) electrons. The molecule has 0 atom stereocenters. The normalized spacial score (nSPS) is 9.67. The van der Waals surface area contributed by atoms with E-state index in [2.05, 4.69) is 9.97 Å². The van der Waals surface area contributed by atoms with E-state index in [-0.39, 0.29) is 18.3 Å². The first-order chi connectivity index (χ1) is 6.72. The Balaban J connectivity index is 0.00000112. The van der Waals surface area contributed by atoms with E-state index >= 15 is 0 Å². The van der Waals surface area contributed by atoms with Crippen molar-refractivity contribution in [3.05, 3.63) is 18.5 Å². The molecule has 5 nitrogen and oxygen atoms in total. The number of rotatable bonds is 1. The highest BCUT2D eigenvalue weighted by molar-refractivity contribution is 5.88. The van der Waals surface area contributed by atoms with Crippen molar-refractivity contribution >= 4 is 29.0 Å². The Hall–Kier alpha value is -1.75. The Morgan fingerprint density at radius 1 is 1.33 bits per heavy atom. The van der Waals surface area contributed by atoms with Gasteiger partial charge in [0.1, 0.15) is 12.1 Å². The zero-order chi connectivity index (χ0) is 10.1. The van der Waals surface area contributed by atoms with E-state index < -0.39 is 0 Å². The molecular weight excluding hydrogens is 218 g/mol. The van der Waals surface area contributed by atoms with Gasteiger partial charge in [0.2, 0.25) is 5.88 Å². The van der Waals surface area contributed by atoms with E-state index in [4.69, 9.17) is 10.5 Å². The Morgan fingerprint density at radius 3 is 2.73 bits per heavy atom. The van der Waals surface area contributed by atoms with E-state index in [0.29, 0.717) is 22.3 Å². The van der Waals surface area contributed by atoms with Crippen LogP contribution in [0, 0.1) is 0 Å². The van der Waals surface area contributed by atoms with Gasteiger partial charge in [-0.25, -0.2) is 9.97 Å². The van der Waals surface area contributed by atoms with Crippen LogP contribution in [-0.2, 0) is 0 Å². The lowest BCUT2D eigenvalue weighted by Gasteiger charge is -2.05. The quantitative estimate of drug-likeness (QED) is 0.719. The molecule has 0 unspecified atom stereocenters. The van der Waals surface area contributed by atoms with Gasteiger partial charge in [-0.05, 0) is 6.07 Å². The van der Waals surface area contributed by atoms with Crippen molar-refractivity contribution in [2.24, 2.45) is 0 Å². The first-order valence-electron chi connectivity index (χ1n) is 3.99. The average molecular weight is 228 g/mol. The molecule has 3 N–H and O–H groups in total. The number of hydrogen-bond donors (Lipinski definition) is 2. The summed E-state index contributed by atoms with van der Waals surface area (Å²) >= 11 is 0. The summed E-state index contributed by atoms with van der Waals surface area (Å²) in [6, 6.07) is 3.25. The maximum atomic E-state index is 9.41. The summed E-state index contributed by atoms with van der Waals surface area (Å²) < 4.78 is 5.03. The Labute approximate surface area is 92.3 Å². The molecule has 0 saturated carbocycles. The van der Waals surface area contributed by atoms with Crippen LogP contribution in [0.5, 0.6) is 11.6 Å². The summed E-state index contributed by atoms with van der Waals surface area (Å²) in [6.07, 6.45) is 1.29. The highest BCUT2D eigenvalue weighted by Crippen LogP contribution is 2.29. The van der Waals surface area contributed by atoms with Gasteiger partial charge < -0.3 is 15.6 Å². The molecule has 0 amide bonds. The SMILES string of the molecule is COc1cc2ncnc(O)c2cc1N.Cl. The second-order valence-corrected chi connectivity index (χ2v) is 2.81. The molecule has 1 aromatic heterocycles. The smallest absolute Gasteiger partial charge is 0.222 e. The second-order valence-electron chi connectivity index (χ2n) is 2.81. The molecule has 0 saturated heterocycles. The van der Waals surface area contributed by atoms with Gasteiger partial charge in [-0.3, -0.25) is 0 Å². The third-order valence-electron chi connectivity index (χ3n) is 1.97. The summed E-state index contributed by atoms with van der Waals surface area (Å²) in [7, 11) is 1.53. The van der Waals surface area contributed by atoms with Gasteiger partial charge in [0.25, 0.3) is 0 Å². The fraction of sp³-hybridized carbons (Fsp3) is 0.111. The number of anilines is 1. The number of nitrogen functional groups attached to an aromatic ring is 1. The van der Waals surface area contributed by atoms with Crippen molar-refractivity contribution < 1.29 is 9.84 Å². The molecule has 15 heavy (non-hydrogen) atoms. The van der Waals surface area contributed by atoms with E-state index in [1.54, 1.807) is 12.1 Å². The van der Waals surface area contributed by atoms with E-state index in [0.717, 1.165) is 0 Å². The maximum absolute atomic E-state index is 9.41. The fourth-order valence-corrected chi connectivity index (χ4v) is 1.26. The van der Waals surface area contributed by atoms with Gasteiger partial charge in [-0.15, -0.1) is 12.4 Å². The van der Waals surface area contributed by atoms with Crippen LogP contribution < -0.4 is 10.5 Å². The molecule has 6 heteroatoms. The number of aromatic nitrogens is 2. The standard InChI is InChI=1S/C9H9N3O2.ClH/c1-14-8-3-7-5(2-6(8)10)9(13)12-4-11-7;/h2-4H,10H2,1H3,(H,11,12,13);1H. The number of fused-ring (bicyclic) bond motifs is 1. The topological polar surface area (TPSA) is 81.3 Å². The number of halogens is 1. The van der Waals surface area contributed by atoms with Crippen molar-refractivity contribution in [2.45, 2.75) is 0 Å². The van der Waals surface area contributed by atoms with Crippen molar-refractivity contribution in [1.29, 1.82) is 0 Å². The second kappa shape index (κ2) is 4.18. The third kappa shape index (κ3) is 1.87. The molecule has 1 heterocycles. The summed E-state index contributed by atoms with van der Waals surface area (Å²) in [4.78, 5) is 7.64. The first-order valence-corrected chi connectivity index (χ1v) is 3.99. The van der Waals surface area contributed by atoms with Crippen LogP contribution in [0.1, 0.15) is 0 Å². The molecule has 80 valence electrons. The molecule has 0 bridgehead atoms. The van der Waals surface area contributed by atoms with Gasteiger partial charge in [-0.2, -0.15) is 0 Å².